The molecule has 2 aromatic rings. The zero-order chi connectivity index (χ0) is 12.4. The van der Waals surface area contributed by atoms with Crippen molar-refractivity contribution in [2.24, 2.45) is 5.73 Å². The molecule has 0 amide bonds. The Kier molecular flexibility index (Phi) is 2.86. The third-order valence-electron chi connectivity index (χ3n) is 2.70. The molecular weight excluding hydrogens is 216 g/mol. The van der Waals surface area contributed by atoms with E-state index in [4.69, 9.17) is 17.3 Å². The summed E-state index contributed by atoms with van der Waals surface area (Å²) in [5.41, 5.74) is 8.00. The molecule has 2 rings (SSSR count). The quantitative estimate of drug-likeness (QED) is 0.688. The average Bonchev–Trinajstić information content (AvgIpc) is 2.72. The third-order valence-corrected chi connectivity index (χ3v) is 2.70. The first kappa shape index (κ1) is 11.2. The fraction of sp³-hybridized carbons (Fsp3) is 0.154. The lowest BCUT2D eigenvalue weighted by atomic mass is 10.0. The zero-order valence-corrected chi connectivity index (χ0v) is 9.10. The maximum absolute atomic E-state index is 10.7. The first-order chi connectivity index (χ1) is 8.13. The Bertz CT molecular complexity index is 607. The molecule has 0 spiro atoms. The number of hydrogen-bond donors (Lipinski definition) is 3. The molecule has 0 unspecified atom stereocenters. The molecule has 0 aliphatic heterocycles. The van der Waals surface area contributed by atoms with Gasteiger partial charge in [-0.05, 0) is 17.7 Å². The topological polar surface area (TPSA) is 79.1 Å². The standard InChI is InChI=1S/C13H12N2O2/c1-2-8-4-3-5-11-12(8)9(7-15-11)6-10(14)13(16)17/h1,3-5,7,10,15H,6,14H2,(H,16,17)/t10-/m0/s1. The Morgan fingerprint density at radius 2 is 2.35 bits per heavy atom. The van der Waals surface area contributed by atoms with Crippen LogP contribution in [-0.2, 0) is 11.2 Å². The normalized spacial score (nSPS) is 12.2. The van der Waals surface area contributed by atoms with Gasteiger partial charge in [0.2, 0.25) is 0 Å². The summed E-state index contributed by atoms with van der Waals surface area (Å²) in [7, 11) is 0. The van der Waals surface area contributed by atoms with E-state index in [1.165, 1.54) is 0 Å². The lowest BCUT2D eigenvalue weighted by Gasteiger charge is -2.05. The number of nitrogens with two attached hydrogens (primary N) is 1. The second-order valence-electron chi connectivity index (χ2n) is 3.84. The maximum Gasteiger partial charge on any atom is 0.320 e. The fourth-order valence-electron chi connectivity index (χ4n) is 1.86. The number of fused-ring (bicyclic) bond motifs is 1. The van der Waals surface area contributed by atoms with E-state index < -0.39 is 12.0 Å². The number of terminal acetylenes is 1. The third kappa shape index (κ3) is 2.01. The minimum absolute atomic E-state index is 0.258. The van der Waals surface area contributed by atoms with Crippen molar-refractivity contribution in [3.05, 3.63) is 35.5 Å². The molecule has 17 heavy (non-hydrogen) atoms. The number of H-pyrrole nitrogens is 1. The van der Waals surface area contributed by atoms with Crippen LogP contribution in [0.2, 0.25) is 0 Å². The molecule has 4 N–H and O–H groups in total. The molecule has 0 aliphatic carbocycles. The second-order valence-corrected chi connectivity index (χ2v) is 3.84. The fourth-order valence-corrected chi connectivity index (χ4v) is 1.86. The molecule has 0 fully saturated rings. The molecule has 1 heterocycles. The highest BCUT2D eigenvalue weighted by molar-refractivity contribution is 5.89. The molecule has 86 valence electrons. The Hall–Kier alpha value is -2.25. The molecule has 0 bridgehead atoms. The van der Waals surface area contributed by atoms with Crippen LogP contribution in [0.15, 0.2) is 24.4 Å². The summed E-state index contributed by atoms with van der Waals surface area (Å²) >= 11 is 0. The number of carboxylic acid groups (broad SMARTS) is 1. The van der Waals surface area contributed by atoms with Crippen LogP contribution in [0, 0.1) is 12.3 Å². The van der Waals surface area contributed by atoms with Gasteiger partial charge in [0.25, 0.3) is 0 Å². The number of aromatic amines is 1. The van der Waals surface area contributed by atoms with Gasteiger partial charge in [0.05, 0.1) is 0 Å². The number of hydrogen-bond acceptors (Lipinski definition) is 2. The number of aromatic nitrogens is 1. The molecule has 0 saturated carbocycles. The van der Waals surface area contributed by atoms with Gasteiger partial charge in [0.1, 0.15) is 6.04 Å². The lowest BCUT2D eigenvalue weighted by molar-refractivity contribution is -0.138. The Morgan fingerprint density at radius 3 is 3.00 bits per heavy atom. The van der Waals surface area contributed by atoms with E-state index in [0.717, 1.165) is 22.0 Å². The van der Waals surface area contributed by atoms with Crippen molar-refractivity contribution >= 4 is 16.9 Å². The summed E-state index contributed by atoms with van der Waals surface area (Å²) in [6.07, 6.45) is 7.44. The van der Waals surface area contributed by atoms with Crippen molar-refractivity contribution < 1.29 is 9.90 Å². The summed E-state index contributed by atoms with van der Waals surface area (Å²) in [4.78, 5) is 13.8. The first-order valence-corrected chi connectivity index (χ1v) is 5.17. The van der Waals surface area contributed by atoms with Crippen LogP contribution >= 0.6 is 0 Å². The van der Waals surface area contributed by atoms with Gasteiger partial charge in [0, 0.05) is 29.1 Å². The first-order valence-electron chi connectivity index (χ1n) is 5.17. The van der Waals surface area contributed by atoms with Gasteiger partial charge < -0.3 is 15.8 Å². The van der Waals surface area contributed by atoms with Gasteiger partial charge in [-0.25, -0.2) is 0 Å². The number of nitrogens with one attached hydrogen (secondary N) is 1. The van der Waals surface area contributed by atoms with Gasteiger partial charge in [-0.3, -0.25) is 4.79 Å². The molecule has 1 aromatic heterocycles. The minimum Gasteiger partial charge on any atom is -0.480 e. The van der Waals surface area contributed by atoms with E-state index in [1.54, 1.807) is 6.20 Å². The van der Waals surface area contributed by atoms with E-state index in [2.05, 4.69) is 10.9 Å². The zero-order valence-electron chi connectivity index (χ0n) is 9.10. The van der Waals surface area contributed by atoms with E-state index in [1.807, 2.05) is 18.2 Å². The number of carboxylic acids is 1. The Balaban J connectivity index is 2.49. The SMILES string of the molecule is C#Cc1cccc2[nH]cc(C[C@H](N)C(=O)O)c12. The van der Waals surface area contributed by atoms with Crippen molar-refractivity contribution in [2.45, 2.75) is 12.5 Å². The molecule has 1 aromatic carbocycles. The van der Waals surface area contributed by atoms with Crippen molar-refractivity contribution in [2.75, 3.05) is 0 Å². The van der Waals surface area contributed by atoms with Crippen LogP contribution in [0.1, 0.15) is 11.1 Å². The van der Waals surface area contributed by atoms with Gasteiger partial charge in [0.15, 0.2) is 0 Å². The van der Waals surface area contributed by atoms with Crippen molar-refractivity contribution in [3.8, 4) is 12.3 Å². The molecule has 0 saturated heterocycles. The van der Waals surface area contributed by atoms with E-state index >= 15 is 0 Å². The molecule has 0 radical (unpaired) electrons. The van der Waals surface area contributed by atoms with E-state index in [0.29, 0.717) is 0 Å². The van der Waals surface area contributed by atoms with Crippen LogP contribution in [0.3, 0.4) is 0 Å². The number of benzene rings is 1. The molecule has 1 atom stereocenters. The summed E-state index contributed by atoms with van der Waals surface area (Å²) in [6, 6.07) is 4.66. The highest BCUT2D eigenvalue weighted by Gasteiger charge is 2.15. The van der Waals surface area contributed by atoms with Gasteiger partial charge in [-0.2, -0.15) is 0 Å². The summed E-state index contributed by atoms with van der Waals surface area (Å²) in [5, 5.41) is 9.69. The van der Waals surface area contributed by atoms with Crippen molar-refractivity contribution in [1.29, 1.82) is 0 Å². The largest absolute Gasteiger partial charge is 0.480 e. The highest BCUT2D eigenvalue weighted by Crippen LogP contribution is 2.23. The maximum atomic E-state index is 10.7. The van der Waals surface area contributed by atoms with Crippen LogP contribution < -0.4 is 5.73 Å². The van der Waals surface area contributed by atoms with Crippen LogP contribution in [0.5, 0.6) is 0 Å². The van der Waals surface area contributed by atoms with Gasteiger partial charge in [-0.15, -0.1) is 6.42 Å². The molecular formula is C13H12N2O2. The smallest absolute Gasteiger partial charge is 0.320 e. The molecule has 4 heteroatoms. The predicted molar refractivity (Wildman–Crippen MR) is 65.5 cm³/mol. The molecule has 4 nitrogen and oxygen atoms in total. The number of rotatable bonds is 3. The average molecular weight is 228 g/mol. The minimum atomic E-state index is -1.02. The second kappa shape index (κ2) is 4.32. The van der Waals surface area contributed by atoms with E-state index in [-0.39, 0.29) is 6.42 Å². The van der Waals surface area contributed by atoms with Crippen molar-refractivity contribution in [1.82, 2.24) is 4.98 Å². The highest BCUT2D eigenvalue weighted by atomic mass is 16.4. The van der Waals surface area contributed by atoms with E-state index in [9.17, 15) is 4.79 Å². The monoisotopic (exact) mass is 228 g/mol. The predicted octanol–water partition coefficient (Wildman–Crippen LogP) is 1.10. The van der Waals surface area contributed by atoms with Crippen molar-refractivity contribution in [3.63, 3.8) is 0 Å². The summed E-state index contributed by atoms with van der Waals surface area (Å²) in [6.45, 7) is 0. The van der Waals surface area contributed by atoms with Gasteiger partial charge >= 0.3 is 5.97 Å². The Labute approximate surface area is 98.4 Å². The van der Waals surface area contributed by atoms with Gasteiger partial charge in [-0.1, -0.05) is 12.0 Å². The van der Waals surface area contributed by atoms with Crippen LogP contribution in [0.4, 0.5) is 0 Å². The molecule has 0 aliphatic rings. The summed E-state index contributed by atoms with van der Waals surface area (Å²) in [5.74, 6) is 1.57. The van der Waals surface area contributed by atoms with Crippen LogP contribution in [0.25, 0.3) is 10.9 Å². The number of aliphatic carboxylic acids is 1. The summed E-state index contributed by atoms with van der Waals surface area (Å²) < 4.78 is 0. The lowest BCUT2D eigenvalue weighted by Crippen LogP contribution is -2.32. The number of carbonyl (C=O) groups is 1. The van der Waals surface area contributed by atoms with Crippen LogP contribution in [-0.4, -0.2) is 22.1 Å². The Morgan fingerprint density at radius 1 is 1.59 bits per heavy atom.